The van der Waals surface area contributed by atoms with Crippen LogP contribution >= 0.6 is 23.5 Å². The molecule has 12 heteroatoms. The van der Waals surface area contributed by atoms with Crippen molar-refractivity contribution in [1.82, 2.24) is 15.1 Å². The molecule has 0 spiro atoms. The van der Waals surface area contributed by atoms with Gasteiger partial charge in [0.25, 0.3) is 5.22 Å². The number of rotatable bonds is 8. The number of hydrogen-bond acceptors (Lipinski definition) is 7. The second-order valence-electron chi connectivity index (χ2n) is 5.94. The number of likely N-dealkylation sites (N-methyl/N-ethyl adjacent to an activating group) is 1. The Morgan fingerprint density at radius 2 is 1.97 bits per heavy atom. The summed E-state index contributed by atoms with van der Waals surface area (Å²) in [4.78, 5) is 25.7. The zero-order valence-electron chi connectivity index (χ0n) is 15.8. The summed E-state index contributed by atoms with van der Waals surface area (Å²) in [6, 6.07) is 4.64. The van der Waals surface area contributed by atoms with E-state index in [9.17, 15) is 22.8 Å². The number of halogens is 3. The third kappa shape index (κ3) is 6.67. The molecule has 2 amide bonds. The minimum atomic E-state index is -4.60. The number of hydrogen-bond donors (Lipinski definition) is 1. The van der Waals surface area contributed by atoms with E-state index in [0.717, 1.165) is 28.8 Å². The number of nitrogens with zero attached hydrogens (tertiary/aromatic N) is 3. The van der Waals surface area contributed by atoms with Gasteiger partial charge < -0.3 is 14.6 Å². The molecule has 0 radical (unpaired) electrons. The van der Waals surface area contributed by atoms with Crippen LogP contribution in [0.2, 0.25) is 0 Å². The molecule has 0 fully saturated rings. The molecule has 1 aromatic heterocycles. The molecule has 2 rings (SSSR count). The van der Waals surface area contributed by atoms with Crippen molar-refractivity contribution < 1.29 is 27.2 Å². The van der Waals surface area contributed by atoms with Gasteiger partial charge in [-0.2, -0.15) is 24.9 Å². The lowest BCUT2D eigenvalue weighted by molar-refractivity contribution is -0.137. The monoisotopic (exact) mass is 448 g/mol. The van der Waals surface area contributed by atoms with Gasteiger partial charge in [0.15, 0.2) is 0 Å². The molecule has 0 aliphatic heterocycles. The maximum atomic E-state index is 13.0. The van der Waals surface area contributed by atoms with Gasteiger partial charge in [0.2, 0.25) is 17.7 Å². The Bertz CT molecular complexity index is 860. The van der Waals surface area contributed by atoms with E-state index in [1.807, 2.05) is 6.26 Å². The van der Waals surface area contributed by atoms with E-state index in [1.165, 1.54) is 30.9 Å². The fraction of sp³-hybridized carbons (Fsp3) is 0.412. The van der Waals surface area contributed by atoms with Gasteiger partial charge in [-0.1, -0.05) is 23.9 Å². The number of aromatic nitrogens is 2. The van der Waals surface area contributed by atoms with E-state index in [0.29, 0.717) is 11.6 Å². The number of alkyl halides is 3. The van der Waals surface area contributed by atoms with Crippen molar-refractivity contribution in [3.05, 3.63) is 35.7 Å². The second kappa shape index (κ2) is 10.0. The maximum absolute atomic E-state index is 13.0. The second-order valence-corrected chi connectivity index (χ2v) is 8.10. The molecule has 0 aliphatic rings. The van der Waals surface area contributed by atoms with Gasteiger partial charge in [-0.05, 0) is 25.3 Å². The Kier molecular flexibility index (Phi) is 7.96. The summed E-state index contributed by atoms with van der Waals surface area (Å²) in [5.74, 6) is -0.153. The molecule has 1 aromatic carbocycles. The average Bonchev–Trinajstić information content (AvgIpc) is 3.07. The van der Waals surface area contributed by atoms with E-state index in [-0.39, 0.29) is 10.9 Å². The van der Waals surface area contributed by atoms with E-state index in [2.05, 4.69) is 15.5 Å². The Morgan fingerprint density at radius 3 is 2.62 bits per heavy atom. The Morgan fingerprint density at radius 1 is 1.28 bits per heavy atom. The predicted molar refractivity (Wildman–Crippen MR) is 105 cm³/mol. The molecule has 2 aromatic rings. The number of benzene rings is 1. The van der Waals surface area contributed by atoms with Crippen molar-refractivity contribution in [3.8, 4) is 0 Å². The fourth-order valence-electron chi connectivity index (χ4n) is 2.30. The largest absolute Gasteiger partial charge is 0.418 e. The number of amides is 2. The lowest BCUT2D eigenvalue weighted by Crippen LogP contribution is -2.39. The van der Waals surface area contributed by atoms with Crippen LogP contribution in [-0.2, 0) is 21.5 Å². The molecule has 29 heavy (non-hydrogen) atoms. The van der Waals surface area contributed by atoms with Crippen LogP contribution in [0.5, 0.6) is 0 Å². The Labute approximate surface area is 173 Å². The molecule has 0 saturated heterocycles. The molecular weight excluding hydrogens is 429 g/mol. The maximum Gasteiger partial charge on any atom is 0.418 e. The average molecular weight is 448 g/mol. The Hall–Kier alpha value is -2.21. The highest BCUT2D eigenvalue weighted by Gasteiger charge is 2.33. The van der Waals surface area contributed by atoms with Gasteiger partial charge in [0.1, 0.15) is 0 Å². The lowest BCUT2D eigenvalue weighted by Gasteiger charge is -2.20. The summed E-state index contributed by atoms with van der Waals surface area (Å²) in [7, 11) is 1.39. The van der Waals surface area contributed by atoms with Crippen LogP contribution in [0.4, 0.5) is 18.9 Å². The highest BCUT2D eigenvalue weighted by molar-refractivity contribution is 8.00. The summed E-state index contributed by atoms with van der Waals surface area (Å²) in [6.45, 7) is 1.20. The molecule has 0 bridgehead atoms. The standard InChI is InChI=1S/C17H19F3N4O3S2/c1-10(29-16-23-22-14(27-16)9-28-3)15(26)24(2)8-13(25)21-12-7-5-4-6-11(12)17(18,19)20/h4-7,10H,8-9H2,1-3H3,(H,21,25)/t10-/m0/s1. The fourth-order valence-corrected chi connectivity index (χ4v) is 3.48. The van der Waals surface area contributed by atoms with Crippen LogP contribution in [-0.4, -0.2) is 52.0 Å². The highest BCUT2D eigenvalue weighted by atomic mass is 32.2. The third-order valence-corrected chi connectivity index (χ3v) is 5.06. The first kappa shape index (κ1) is 23.1. The normalized spacial score (nSPS) is 12.5. The minimum absolute atomic E-state index is 0.229. The van der Waals surface area contributed by atoms with Crippen LogP contribution < -0.4 is 5.32 Å². The zero-order chi connectivity index (χ0) is 21.6. The van der Waals surface area contributed by atoms with E-state index in [1.54, 1.807) is 6.92 Å². The lowest BCUT2D eigenvalue weighted by atomic mass is 10.1. The number of carbonyl (C=O) groups is 2. The number of anilines is 1. The van der Waals surface area contributed by atoms with Crippen LogP contribution in [0.25, 0.3) is 0 Å². The molecule has 0 unspecified atom stereocenters. The van der Waals surface area contributed by atoms with E-state index in [4.69, 9.17) is 4.42 Å². The molecule has 1 atom stereocenters. The smallest absolute Gasteiger partial charge is 0.415 e. The highest BCUT2D eigenvalue weighted by Crippen LogP contribution is 2.34. The quantitative estimate of drug-likeness (QED) is 0.618. The van der Waals surface area contributed by atoms with Gasteiger partial charge in [0.05, 0.1) is 28.8 Å². The van der Waals surface area contributed by atoms with E-state index >= 15 is 0 Å². The number of carbonyl (C=O) groups excluding carboxylic acids is 2. The number of thioether (sulfide) groups is 2. The van der Waals surface area contributed by atoms with Gasteiger partial charge in [-0.15, -0.1) is 10.2 Å². The van der Waals surface area contributed by atoms with Gasteiger partial charge in [-0.3, -0.25) is 9.59 Å². The molecule has 0 saturated carbocycles. The van der Waals surface area contributed by atoms with E-state index < -0.39 is 35.3 Å². The molecular formula is C17H19F3N4O3S2. The van der Waals surface area contributed by atoms with Gasteiger partial charge in [0, 0.05) is 7.05 Å². The van der Waals surface area contributed by atoms with Crippen molar-refractivity contribution in [2.75, 3.05) is 25.2 Å². The molecule has 1 heterocycles. The molecule has 158 valence electrons. The minimum Gasteiger partial charge on any atom is -0.415 e. The summed E-state index contributed by atoms with van der Waals surface area (Å²) in [5, 5.41) is 9.50. The van der Waals surface area contributed by atoms with Crippen molar-refractivity contribution in [2.45, 2.75) is 29.3 Å². The number of para-hydroxylation sites is 1. The van der Waals surface area contributed by atoms with Crippen molar-refractivity contribution >= 4 is 41.0 Å². The number of nitrogens with one attached hydrogen (secondary N) is 1. The first-order valence-corrected chi connectivity index (χ1v) is 10.6. The summed E-state index contributed by atoms with van der Waals surface area (Å²) in [5.41, 5.74) is -1.32. The molecule has 0 aliphatic carbocycles. The first-order valence-electron chi connectivity index (χ1n) is 8.30. The van der Waals surface area contributed by atoms with Crippen molar-refractivity contribution in [1.29, 1.82) is 0 Å². The van der Waals surface area contributed by atoms with Crippen molar-refractivity contribution in [2.24, 2.45) is 0 Å². The van der Waals surface area contributed by atoms with Crippen LogP contribution in [0.1, 0.15) is 18.4 Å². The summed E-state index contributed by atoms with van der Waals surface area (Å²) in [6.07, 6.45) is -2.72. The first-order chi connectivity index (χ1) is 13.6. The molecule has 7 nitrogen and oxygen atoms in total. The van der Waals surface area contributed by atoms with Gasteiger partial charge in [-0.25, -0.2) is 0 Å². The van der Waals surface area contributed by atoms with Crippen LogP contribution in [0, 0.1) is 0 Å². The predicted octanol–water partition coefficient (Wildman–Crippen LogP) is 3.53. The van der Waals surface area contributed by atoms with Crippen LogP contribution in [0.15, 0.2) is 33.9 Å². The van der Waals surface area contributed by atoms with Crippen molar-refractivity contribution in [3.63, 3.8) is 0 Å². The van der Waals surface area contributed by atoms with Crippen LogP contribution in [0.3, 0.4) is 0 Å². The summed E-state index contributed by atoms with van der Waals surface area (Å²) < 4.78 is 44.4. The zero-order valence-corrected chi connectivity index (χ0v) is 17.5. The van der Waals surface area contributed by atoms with Gasteiger partial charge >= 0.3 is 6.18 Å². The summed E-state index contributed by atoms with van der Waals surface area (Å²) >= 11 is 2.55. The SMILES string of the molecule is CSCc1nnc(S[C@@H](C)C(=O)N(C)CC(=O)Nc2ccccc2C(F)(F)F)o1. The molecule has 1 N–H and O–H groups in total. The Balaban J connectivity index is 1.94. The third-order valence-electron chi connectivity index (χ3n) is 3.61. The topological polar surface area (TPSA) is 88.3 Å².